The number of aliphatic carboxylic acids is 1. The molecule has 0 radical (unpaired) electrons. The largest absolute Gasteiger partial charge is 0.481 e. The standard InChI is InChI=1S/C10H11N3O2/c1-7(8-5-3-2-4-6-8)9(10(14)15)12-13-11/h2-7,9H,1H3,(H,14,15)/t7-,9-/m0/s1. The van der Waals surface area contributed by atoms with E-state index in [2.05, 4.69) is 10.0 Å². The van der Waals surface area contributed by atoms with Crippen LogP contribution in [0.1, 0.15) is 18.4 Å². The van der Waals surface area contributed by atoms with Crippen molar-refractivity contribution < 1.29 is 9.90 Å². The summed E-state index contributed by atoms with van der Waals surface area (Å²) in [6.45, 7) is 1.72. The van der Waals surface area contributed by atoms with E-state index in [1.54, 1.807) is 6.92 Å². The fraction of sp³-hybridized carbons (Fsp3) is 0.300. The van der Waals surface area contributed by atoms with Crippen LogP contribution in [0.15, 0.2) is 35.4 Å². The number of hydrogen-bond acceptors (Lipinski definition) is 2. The molecule has 0 aliphatic rings. The van der Waals surface area contributed by atoms with Gasteiger partial charge >= 0.3 is 5.97 Å². The molecule has 0 aromatic heterocycles. The first-order valence-electron chi connectivity index (χ1n) is 4.48. The maximum atomic E-state index is 10.8. The van der Waals surface area contributed by atoms with Gasteiger partial charge in [-0.05, 0) is 11.1 Å². The van der Waals surface area contributed by atoms with Crippen molar-refractivity contribution in [2.45, 2.75) is 18.9 Å². The predicted molar refractivity (Wildman–Crippen MR) is 55.4 cm³/mol. The second kappa shape index (κ2) is 5.02. The van der Waals surface area contributed by atoms with Crippen molar-refractivity contribution in [3.8, 4) is 0 Å². The molecule has 1 rings (SSSR count). The lowest BCUT2D eigenvalue weighted by molar-refractivity contribution is -0.138. The van der Waals surface area contributed by atoms with Gasteiger partial charge in [-0.3, -0.25) is 4.79 Å². The van der Waals surface area contributed by atoms with Crippen molar-refractivity contribution in [3.63, 3.8) is 0 Å². The van der Waals surface area contributed by atoms with Gasteiger partial charge in [-0.25, -0.2) is 0 Å². The van der Waals surface area contributed by atoms with E-state index < -0.39 is 12.0 Å². The van der Waals surface area contributed by atoms with Crippen LogP contribution in [0.3, 0.4) is 0 Å². The first-order chi connectivity index (χ1) is 7.16. The van der Waals surface area contributed by atoms with Crippen LogP contribution >= 0.6 is 0 Å². The van der Waals surface area contributed by atoms with Gasteiger partial charge in [-0.15, -0.1) is 0 Å². The summed E-state index contributed by atoms with van der Waals surface area (Å²) in [5.74, 6) is -1.44. The number of hydrogen-bond donors (Lipinski definition) is 1. The molecule has 0 fully saturated rings. The molecule has 0 saturated carbocycles. The third-order valence-corrected chi connectivity index (χ3v) is 2.23. The number of nitrogens with zero attached hydrogens (tertiary/aromatic N) is 3. The first-order valence-corrected chi connectivity index (χ1v) is 4.48. The van der Waals surface area contributed by atoms with Gasteiger partial charge in [0.1, 0.15) is 6.04 Å². The lowest BCUT2D eigenvalue weighted by atomic mass is 9.94. The van der Waals surface area contributed by atoms with Gasteiger partial charge in [-0.2, -0.15) is 0 Å². The Balaban J connectivity index is 2.95. The molecule has 5 nitrogen and oxygen atoms in total. The highest BCUT2D eigenvalue weighted by Crippen LogP contribution is 2.21. The molecule has 5 heteroatoms. The molecule has 0 spiro atoms. The molecule has 1 aromatic carbocycles. The van der Waals surface area contributed by atoms with E-state index in [-0.39, 0.29) is 5.92 Å². The Morgan fingerprint density at radius 2 is 2.07 bits per heavy atom. The maximum Gasteiger partial charge on any atom is 0.313 e. The van der Waals surface area contributed by atoms with E-state index in [1.165, 1.54) is 0 Å². The zero-order chi connectivity index (χ0) is 11.3. The van der Waals surface area contributed by atoms with Gasteiger partial charge in [0.15, 0.2) is 0 Å². The second-order valence-corrected chi connectivity index (χ2v) is 3.19. The van der Waals surface area contributed by atoms with Crippen LogP contribution in [0.4, 0.5) is 0 Å². The molecule has 0 bridgehead atoms. The summed E-state index contributed by atoms with van der Waals surface area (Å²) < 4.78 is 0. The minimum Gasteiger partial charge on any atom is -0.481 e. The van der Waals surface area contributed by atoms with Crippen LogP contribution < -0.4 is 0 Å². The van der Waals surface area contributed by atoms with Crippen molar-refractivity contribution in [2.75, 3.05) is 0 Å². The lowest BCUT2D eigenvalue weighted by Gasteiger charge is -2.15. The van der Waals surface area contributed by atoms with Crippen molar-refractivity contribution in [1.29, 1.82) is 0 Å². The van der Waals surface area contributed by atoms with Crippen LogP contribution in [0.25, 0.3) is 10.4 Å². The molecule has 0 amide bonds. The Hall–Kier alpha value is -2.00. The predicted octanol–water partition coefficient (Wildman–Crippen LogP) is 2.55. The minimum absolute atomic E-state index is 0.334. The van der Waals surface area contributed by atoms with Crippen LogP contribution in [0, 0.1) is 0 Å². The summed E-state index contributed by atoms with van der Waals surface area (Å²) in [6.07, 6.45) is 0. The summed E-state index contributed by atoms with van der Waals surface area (Å²) in [4.78, 5) is 13.4. The third kappa shape index (κ3) is 2.72. The number of carbonyl (C=O) groups is 1. The van der Waals surface area contributed by atoms with Gasteiger partial charge in [0.05, 0.1) is 0 Å². The molecule has 0 heterocycles. The van der Waals surface area contributed by atoms with Crippen molar-refractivity contribution in [1.82, 2.24) is 0 Å². The zero-order valence-electron chi connectivity index (χ0n) is 8.24. The molecule has 15 heavy (non-hydrogen) atoms. The first kappa shape index (κ1) is 11.1. The van der Waals surface area contributed by atoms with Crippen LogP contribution in [0.2, 0.25) is 0 Å². The SMILES string of the molecule is C[C@@H](c1ccccc1)[C@H](N=[N+]=[N-])C(=O)O. The van der Waals surface area contributed by atoms with Gasteiger partial charge in [0.2, 0.25) is 0 Å². The quantitative estimate of drug-likeness (QED) is 0.465. The van der Waals surface area contributed by atoms with Gasteiger partial charge in [0.25, 0.3) is 0 Å². The molecule has 1 aromatic rings. The molecule has 0 unspecified atom stereocenters. The van der Waals surface area contributed by atoms with E-state index in [9.17, 15) is 4.79 Å². The Kier molecular flexibility index (Phi) is 3.71. The molecular formula is C10H11N3O2. The molecule has 0 aliphatic heterocycles. The summed E-state index contributed by atoms with van der Waals surface area (Å²) in [5, 5.41) is 12.2. The summed E-state index contributed by atoms with van der Waals surface area (Å²) in [5.41, 5.74) is 9.12. The number of azide groups is 1. The van der Waals surface area contributed by atoms with E-state index in [1.807, 2.05) is 30.3 Å². The Morgan fingerprint density at radius 3 is 2.53 bits per heavy atom. The molecule has 78 valence electrons. The Bertz CT molecular complexity index is 383. The molecular weight excluding hydrogens is 194 g/mol. The third-order valence-electron chi connectivity index (χ3n) is 2.23. The highest BCUT2D eigenvalue weighted by atomic mass is 16.4. The smallest absolute Gasteiger partial charge is 0.313 e. The number of rotatable bonds is 4. The summed E-state index contributed by atoms with van der Waals surface area (Å²) in [7, 11) is 0. The van der Waals surface area contributed by atoms with Crippen molar-refractivity contribution >= 4 is 5.97 Å². The molecule has 2 atom stereocenters. The van der Waals surface area contributed by atoms with E-state index in [0.29, 0.717) is 0 Å². The Morgan fingerprint density at radius 1 is 1.47 bits per heavy atom. The minimum atomic E-state index is -1.11. The number of benzene rings is 1. The topological polar surface area (TPSA) is 86.1 Å². The molecule has 0 aliphatic carbocycles. The second-order valence-electron chi connectivity index (χ2n) is 3.19. The van der Waals surface area contributed by atoms with Crippen LogP contribution in [-0.4, -0.2) is 17.1 Å². The molecule has 0 saturated heterocycles. The van der Waals surface area contributed by atoms with Gasteiger partial charge in [-0.1, -0.05) is 42.4 Å². The van der Waals surface area contributed by atoms with Crippen molar-refractivity contribution in [3.05, 3.63) is 46.3 Å². The van der Waals surface area contributed by atoms with E-state index in [4.69, 9.17) is 10.6 Å². The van der Waals surface area contributed by atoms with E-state index in [0.717, 1.165) is 5.56 Å². The summed E-state index contributed by atoms with van der Waals surface area (Å²) in [6, 6.07) is 8.06. The highest BCUT2D eigenvalue weighted by Gasteiger charge is 2.24. The number of carboxylic acids is 1. The van der Waals surface area contributed by atoms with E-state index >= 15 is 0 Å². The van der Waals surface area contributed by atoms with Crippen molar-refractivity contribution in [2.24, 2.45) is 5.11 Å². The molecule has 1 N–H and O–H groups in total. The maximum absolute atomic E-state index is 10.8. The number of carboxylic acid groups (broad SMARTS) is 1. The van der Waals surface area contributed by atoms with Gasteiger partial charge < -0.3 is 5.11 Å². The van der Waals surface area contributed by atoms with Crippen LogP contribution in [0.5, 0.6) is 0 Å². The Labute approximate surface area is 87.0 Å². The fourth-order valence-corrected chi connectivity index (χ4v) is 1.36. The summed E-state index contributed by atoms with van der Waals surface area (Å²) >= 11 is 0. The van der Waals surface area contributed by atoms with Gasteiger partial charge in [0, 0.05) is 10.8 Å². The monoisotopic (exact) mass is 205 g/mol. The van der Waals surface area contributed by atoms with Crippen LogP contribution in [-0.2, 0) is 4.79 Å². The average molecular weight is 205 g/mol. The lowest BCUT2D eigenvalue weighted by Crippen LogP contribution is -2.23. The zero-order valence-corrected chi connectivity index (χ0v) is 8.24. The average Bonchev–Trinajstić information content (AvgIpc) is 2.26. The fourth-order valence-electron chi connectivity index (χ4n) is 1.36. The highest BCUT2D eigenvalue weighted by molar-refractivity contribution is 5.75. The normalized spacial score (nSPS) is 13.7.